The van der Waals surface area contributed by atoms with E-state index in [1.807, 2.05) is 0 Å². The van der Waals surface area contributed by atoms with Gasteiger partial charge in [-0.2, -0.15) is 0 Å². The first kappa shape index (κ1) is 11.3. The molecule has 14 heavy (non-hydrogen) atoms. The summed E-state index contributed by atoms with van der Waals surface area (Å²) in [6.07, 6.45) is 0. The van der Waals surface area contributed by atoms with Crippen LogP contribution in [0.15, 0.2) is 23.1 Å². The van der Waals surface area contributed by atoms with Gasteiger partial charge in [-0.25, -0.2) is 13.1 Å². The van der Waals surface area contributed by atoms with Gasteiger partial charge in [0.25, 0.3) is 0 Å². The number of anilines is 1. The minimum atomic E-state index is -3.58. The fourth-order valence-corrected chi connectivity index (χ4v) is 2.79. The lowest BCUT2D eigenvalue weighted by Gasteiger charge is -2.08. The molecule has 1 aromatic rings. The highest BCUT2D eigenvalue weighted by Gasteiger charge is 2.19. The van der Waals surface area contributed by atoms with Gasteiger partial charge in [0, 0.05) is 6.54 Å². The number of sulfonamides is 1. The van der Waals surface area contributed by atoms with Crippen molar-refractivity contribution in [1.82, 2.24) is 4.72 Å². The number of benzene rings is 1. The molecule has 0 radical (unpaired) electrons. The lowest BCUT2D eigenvalue weighted by atomic mass is 10.3. The molecule has 0 aliphatic heterocycles. The van der Waals surface area contributed by atoms with E-state index in [-0.39, 0.29) is 15.6 Å². The molecule has 0 aliphatic rings. The number of hydrogen-bond acceptors (Lipinski definition) is 3. The third kappa shape index (κ3) is 2.17. The van der Waals surface area contributed by atoms with Crippen molar-refractivity contribution in [1.29, 1.82) is 0 Å². The van der Waals surface area contributed by atoms with Gasteiger partial charge in [0.1, 0.15) is 4.90 Å². The van der Waals surface area contributed by atoms with Crippen molar-refractivity contribution >= 4 is 27.3 Å². The third-order valence-electron chi connectivity index (χ3n) is 1.60. The number of rotatable bonds is 3. The molecule has 3 N–H and O–H groups in total. The molecule has 78 valence electrons. The molecule has 0 amide bonds. The van der Waals surface area contributed by atoms with Crippen LogP contribution in [0.5, 0.6) is 0 Å². The van der Waals surface area contributed by atoms with E-state index in [0.717, 1.165) is 0 Å². The zero-order valence-electron chi connectivity index (χ0n) is 7.62. The van der Waals surface area contributed by atoms with Gasteiger partial charge in [-0.15, -0.1) is 0 Å². The van der Waals surface area contributed by atoms with Gasteiger partial charge in [0.15, 0.2) is 0 Å². The van der Waals surface area contributed by atoms with E-state index < -0.39 is 10.0 Å². The fraction of sp³-hybridized carbons (Fsp3) is 0.250. The zero-order chi connectivity index (χ0) is 10.8. The molecule has 0 unspecified atom stereocenters. The third-order valence-corrected chi connectivity index (χ3v) is 3.69. The molecule has 0 bridgehead atoms. The smallest absolute Gasteiger partial charge is 0.244 e. The van der Waals surface area contributed by atoms with Gasteiger partial charge in [0.05, 0.1) is 10.7 Å². The van der Waals surface area contributed by atoms with Crippen LogP contribution in [0.25, 0.3) is 0 Å². The zero-order valence-corrected chi connectivity index (χ0v) is 9.19. The van der Waals surface area contributed by atoms with Gasteiger partial charge in [0.2, 0.25) is 10.0 Å². The van der Waals surface area contributed by atoms with Gasteiger partial charge in [-0.05, 0) is 12.1 Å². The van der Waals surface area contributed by atoms with Crippen LogP contribution in [0.1, 0.15) is 6.92 Å². The Morgan fingerprint density at radius 3 is 2.64 bits per heavy atom. The van der Waals surface area contributed by atoms with Crippen LogP contribution in [0.2, 0.25) is 5.02 Å². The highest BCUT2D eigenvalue weighted by atomic mass is 35.5. The monoisotopic (exact) mass is 234 g/mol. The molecule has 1 aromatic carbocycles. The lowest BCUT2D eigenvalue weighted by Crippen LogP contribution is -2.24. The van der Waals surface area contributed by atoms with Crippen LogP contribution >= 0.6 is 11.6 Å². The summed E-state index contributed by atoms with van der Waals surface area (Å²) in [4.78, 5) is -0.0523. The number of halogens is 1. The van der Waals surface area contributed by atoms with Crippen molar-refractivity contribution in [2.45, 2.75) is 11.8 Å². The van der Waals surface area contributed by atoms with E-state index in [2.05, 4.69) is 4.72 Å². The first-order chi connectivity index (χ1) is 6.49. The van der Waals surface area contributed by atoms with Crippen molar-refractivity contribution in [3.8, 4) is 0 Å². The maximum atomic E-state index is 11.6. The van der Waals surface area contributed by atoms with E-state index in [1.165, 1.54) is 12.1 Å². The first-order valence-electron chi connectivity index (χ1n) is 4.02. The Morgan fingerprint density at radius 2 is 2.14 bits per heavy atom. The number of nitrogen functional groups attached to an aromatic ring is 1. The lowest BCUT2D eigenvalue weighted by molar-refractivity contribution is 0.584. The van der Waals surface area contributed by atoms with Crippen molar-refractivity contribution in [3.05, 3.63) is 23.2 Å². The molecule has 0 atom stereocenters. The molecule has 0 saturated carbocycles. The Morgan fingerprint density at radius 1 is 1.50 bits per heavy atom. The van der Waals surface area contributed by atoms with Crippen LogP contribution in [0.3, 0.4) is 0 Å². The van der Waals surface area contributed by atoms with Gasteiger partial charge in [-0.1, -0.05) is 24.6 Å². The predicted octanol–water partition coefficient (Wildman–Crippen LogP) is 1.22. The quantitative estimate of drug-likeness (QED) is 0.773. The number of nitrogens with two attached hydrogens (primary N) is 1. The van der Waals surface area contributed by atoms with E-state index in [1.54, 1.807) is 13.0 Å². The van der Waals surface area contributed by atoms with Crippen molar-refractivity contribution < 1.29 is 8.42 Å². The van der Waals surface area contributed by atoms with Crippen LogP contribution in [-0.2, 0) is 10.0 Å². The van der Waals surface area contributed by atoms with Crippen molar-refractivity contribution in [3.63, 3.8) is 0 Å². The average molecular weight is 235 g/mol. The van der Waals surface area contributed by atoms with Crippen LogP contribution in [0.4, 0.5) is 5.69 Å². The summed E-state index contributed by atoms with van der Waals surface area (Å²) in [7, 11) is -3.58. The summed E-state index contributed by atoms with van der Waals surface area (Å²) in [5.41, 5.74) is 5.69. The van der Waals surface area contributed by atoms with Gasteiger partial charge < -0.3 is 5.73 Å². The molecule has 1 rings (SSSR count). The van der Waals surface area contributed by atoms with Crippen molar-refractivity contribution in [2.75, 3.05) is 12.3 Å². The van der Waals surface area contributed by atoms with Gasteiger partial charge >= 0.3 is 0 Å². The predicted molar refractivity (Wildman–Crippen MR) is 56.7 cm³/mol. The summed E-state index contributed by atoms with van der Waals surface area (Å²) in [6.45, 7) is 1.98. The molecular weight excluding hydrogens is 224 g/mol. The molecule has 0 aromatic heterocycles. The van der Waals surface area contributed by atoms with Gasteiger partial charge in [-0.3, -0.25) is 0 Å². The molecule has 0 fully saturated rings. The Labute approximate surface area is 88.1 Å². The molecular formula is C8H11ClN2O2S. The Balaban J connectivity index is 3.32. The van der Waals surface area contributed by atoms with E-state index >= 15 is 0 Å². The summed E-state index contributed by atoms with van der Waals surface area (Å²) < 4.78 is 25.5. The fourth-order valence-electron chi connectivity index (χ4n) is 1.07. The summed E-state index contributed by atoms with van der Waals surface area (Å²) in [6, 6.07) is 4.58. The Hall–Kier alpha value is -0.780. The second-order valence-corrected chi connectivity index (χ2v) is 4.77. The maximum absolute atomic E-state index is 11.6. The Kier molecular flexibility index (Phi) is 3.36. The molecule has 0 spiro atoms. The average Bonchev–Trinajstić information content (AvgIpc) is 2.02. The van der Waals surface area contributed by atoms with Crippen LogP contribution in [0, 0.1) is 0 Å². The topological polar surface area (TPSA) is 72.2 Å². The molecule has 0 heterocycles. The molecule has 6 heteroatoms. The van der Waals surface area contributed by atoms with Crippen molar-refractivity contribution in [2.24, 2.45) is 0 Å². The second kappa shape index (κ2) is 4.16. The minimum absolute atomic E-state index is 0.0523. The van der Waals surface area contributed by atoms with Crippen LogP contribution < -0.4 is 10.5 Å². The van der Waals surface area contributed by atoms with E-state index in [9.17, 15) is 8.42 Å². The van der Waals surface area contributed by atoms with Crippen LogP contribution in [-0.4, -0.2) is 15.0 Å². The molecule has 4 nitrogen and oxygen atoms in total. The Bertz CT molecular complexity index is 411. The SMILES string of the molecule is CCNS(=O)(=O)c1c(N)cccc1Cl. The normalized spacial score (nSPS) is 11.6. The minimum Gasteiger partial charge on any atom is -0.398 e. The standard InChI is InChI=1S/C8H11ClN2O2S/c1-2-11-14(12,13)8-6(9)4-3-5-7(8)10/h3-5,11H,2,10H2,1H3. The highest BCUT2D eigenvalue weighted by Crippen LogP contribution is 2.26. The summed E-state index contributed by atoms with van der Waals surface area (Å²) in [5.74, 6) is 0. The van der Waals surface area contributed by atoms with E-state index in [4.69, 9.17) is 17.3 Å². The molecule has 0 aliphatic carbocycles. The highest BCUT2D eigenvalue weighted by molar-refractivity contribution is 7.89. The number of nitrogens with one attached hydrogen (secondary N) is 1. The first-order valence-corrected chi connectivity index (χ1v) is 5.89. The number of hydrogen-bond donors (Lipinski definition) is 2. The largest absolute Gasteiger partial charge is 0.398 e. The summed E-state index contributed by atoms with van der Waals surface area (Å²) in [5, 5.41) is 0.131. The van der Waals surface area contributed by atoms with E-state index in [0.29, 0.717) is 6.54 Å². The maximum Gasteiger partial charge on any atom is 0.244 e. The molecule has 0 saturated heterocycles. The summed E-state index contributed by atoms with van der Waals surface area (Å²) >= 11 is 5.75. The second-order valence-electron chi connectivity index (χ2n) is 2.66.